The molecule has 42 aliphatic rings. The first-order valence-corrected chi connectivity index (χ1v) is 29.8. The SMILES string of the molecule is C1C2C3C4C[C@H]5C6[C@H]7[C@H]8[C@H]9[C@H]%10[C@H]%11[C@H]%12[C@H]%13[C@H]%14CC%15C%16C%17C[C@H]%18[C@H]%19[C@H]%20[C@H]%21[C@H]%22[C@H]%23[C@H]%24[C@H]%25[C@H]%26[C@@H]1C21C32C45C63C74C5C%25(C%246C7C%24C9(C784)C%104C7C%22(C%24%236)C%216C78C%114C%124C%137C%15%14C%169C%17%18C%19%10C%206C84C97%10)C%261C532. The Kier molecular flexibility index (Phi) is 1.08. The van der Waals surface area contributed by atoms with E-state index < -0.39 is 0 Å². The highest BCUT2D eigenvalue weighted by atomic mass is 15.6. The van der Waals surface area contributed by atoms with E-state index >= 15 is 0 Å². The van der Waals surface area contributed by atoms with Crippen molar-refractivity contribution >= 4 is 0 Å². The quantitative estimate of drug-likeness (QED) is 0.317. The Morgan fingerprint density at radius 2 is 0.500 bits per heavy atom. The van der Waals surface area contributed by atoms with Gasteiger partial charge in [-0.3, -0.25) is 0 Å². The van der Waals surface area contributed by atoms with E-state index in [9.17, 15) is 0 Å². The Bertz CT molecular complexity index is 3620. The van der Waals surface area contributed by atoms with Gasteiger partial charge in [0.15, 0.2) is 0 Å². The molecule has 0 aromatic heterocycles. The molecule has 42 rings (SSSR count). The smallest absolute Gasteiger partial charge is 0.00102 e. The van der Waals surface area contributed by atoms with Crippen LogP contribution in [0.2, 0.25) is 0 Å². The van der Waals surface area contributed by atoms with E-state index in [-0.39, 0.29) is 0 Å². The Morgan fingerprint density at radius 1 is 0.183 bits per heavy atom. The van der Waals surface area contributed by atoms with Crippen molar-refractivity contribution in [3.8, 4) is 0 Å². The van der Waals surface area contributed by atoms with Gasteiger partial charge in [-0.15, -0.1) is 0 Å². The molecule has 42 saturated carbocycles. The van der Waals surface area contributed by atoms with Gasteiger partial charge in [0, 0.05) is 0 Å². The molecule has 0 heterocycles. The molecule has 278 valence electrons. The standard InChI is InChI=1S/C60H38/c1-5-13-6-2-10-16-20-22-24-26-30-28-18-12-4-8-14-7-3-11-17-27-29-25-23-21-19-15-9(1)35(5)47(13)36(6,10)49(16)44(20)33-43(19,48(15,35)57(33,47)49)39(21)31-32-41(23,39)45(25)34-46(26,42(24,32)40(22,31)44)52(30)56(28)54(18)38(8,12)50(14)37(7,11)53(17)55(27)51(29,45)58(34,52)60(55,56)59(50,53)54/h5-34H,1-4H2/t5?,6?,7?,8?,9-,10+,11+,12-,13?,14?,15-,16?,17+,18-,19-,20+,21-,22+,23-,24+,25-,26+,27+,28-,29-,30+,31?,32?,33?,34?,35?,36?,37?,38?,39?,40?,41?,42?,43?,44?,45?,46?,47?,48?,49?,50?,51?,52?,53?,54?,55?,56?,57?,58?,59?,60?/m1/s1. The molecule has 26 spiro atoms. The van der Waals surface area contributed by atoms with Crippen LogP contribution in [-0.4, -0.2) is 0 Å². The summed E-state index contributed by atoms with van der Waals surface area (Å²) in [6.45, 7) is 0. The molecule has 0 amide bonds. The van der Waals surface area contributed by atoms with Crippen LogP contribution < -0.4 is 0 Å². The van der Waals surface area contributed by atoms with Crippen molar-refractivity contribution in [2.75, 3.05) is 0 Å². The number of hydrogen-bond donors (Lipinski definition) is 0. The Balaban J connectivity index is 0.732. The second-order valence-electron chi connectivity index (χ2n) is 38.7. The molecule has 56 atom stereocenters. The van der Waals surface area contributed by atoms with Crippen LogP contribution in [0.1, 0.15) is 25.7 Å². The number of rotatable bonds is 0. The van der Waals surface area contributed by atoms with E-state index in [1.165, 1.54) is 178 Å². The molecule has 0 radical (unpaired) electrons. The van der Waals surface area contributed by atoms with Crippen LogP contribution in [0.4, 0.5) is 0 Å². The van der Waals surface area contributed by atoms with Crippen molar-refractivity contribution in [1.29, 1.82) is 0 Å². The average Bonchev–Trinajstić information content (AvgIpc) is 3.11. The van der Waals surface area contributed by atoms with Gasteiger partial charge in [0.05, 0.1) is 0 Å². The number of hydrogen-bond acceptors (Lipinski definition) is 0. The van der Waals surface area contributed by atoms with E-state index in [1.54, 1.807) is 0 Å². The summed E-state index contributed by atoms with van der Waals surface area (Å²) in [5, 5.41) is 0. The minimum Gasteiger partial charge on any atom is -0.0458 e. The first kappa shape index (κ1) is 20.5. The minimum atomic E-state index is 1.09. The van der Waals surface area contributed by atoms with E-state index in [4.69, 9.17) is 0 Å². The van der Waals surface area contributed by atoms with Crippen molar-refractivity contribution in [2.24, 2.45) is 318 Å². The second kappa shape index (κ2) is 3.18. The van der Waals surface area contributed by atoms with Gasteiger partial charge < -0.3 is 0 Å². The zero-order chi connectivity index (χ0) is 33.1. The predicted molar refractivity (Wildman–Crippen MR) is 186 cm³/mol. The van der Waals surface area contributed by atoms with Crippen LogP contribution in [0, 0.1) is 318 Å². The van der Waals surface area contributed by atoms with Crippen LogP contribution in [0.5, 0.6) is 0 Å². The summed E-state index contributed by atoms with van der Waals surface area (Å²) in [7, 11) is 0. The molecule has 0 aromatic rings. The highest BCUT2D eigenvalue weighted by Crippen LogP contribution is 3.62. The monoisotopic (exact) mass is 758 g/mol. The third-order valence-electron chi connectivity index (χ3n) is 51.4. The normalized spacial score (nSPS) is 139. The zero-order valence-corrected chi connectivity index (χ0v) is 33.1. The predicted octanol–water partition coefficient (Wildman–Crippen LogP) is 5.25. The Hall–Kier alpha value is 0. The maximum Gasteiger partial charge on any atom is -0.00102 e. The highest BCUT2D eigenvalue weighted by Gasteiger charge is 3.61. The molecule has 0 saturated heterocycles. The van der Waals surface area contributed by atoms with Crippen molar-refractivity contribution in [3.05, 3.63) is 0 Å². The fourth-order valence-electron chi connectivity index (χ4n) is 64.5. The Labute approximate surface area is 342 Å². The zero-order valence-electron chi connectivity index (χ0n) is 33.1. The second-order valence-corrected chi connectivity index (χ2v) is 38.7. The summed E-state index contributed by atoms with van der Waals surface area (Å²) in [5.41, 5.74) is 28.8. The molecular weight excluding hydrogens is 721 g/mol. The topological polar surface area (TPSA) is 0 Å². The molecule has 0 aromatic carbocycles. The maximum absolute atomic E-state index is 1.85. The fourth-order valence-corrected chi connectivity index (χ4v) is 64.5. The lowest BCUT2D eigenvalue weighted by Crippen LogP contribution is -3.57. The molecule has 0 N–H and O–H groups in total. The van der Waals surface area contributed by atoms with Crippen LogP contribution in [0.25, 0.3) is 0 Å². The molecular formula is C60H38. The lowest BCUT2D eigenvalue weighted by Gasteiger charge is -3.59. The van der Waals surface area contributed by atoms with Gasteiger partial charge in [-0.25, -0.2) is 0 Å². The van der Waals surface area contributed by atoms with Gasteiger partial charge in [-0.1, -0.05) is 0 Å². The summed E-state index contributed by atoms with van der Waals surface area (Å²) in [6.07, 6.45) is 7.40. The van der Waals surface area contributed by atoms with Gasteiger partial charge in [0.2, 0.25) is 0 Å². The van der Waals surface area contributed by atoms with Gasteiger partial charge in [0.1, 0.15) is 0 Å². The summed E-state index contributed by atoms with van der Waals surface area (Å²) in [4.78, 5) is 0. The first-order chi connectivity index (χ1) is 29.8. The van der Waals surface area contributed by atoms with Crippen LogP contribution in [0.3, 0.4) is 0 Å². The largest absolute Gasteiger partial charge is 0.0458 e. The van der Waals surface area contributed by atoms with E-state index in [2.05, 4.69) is 0 Å². The van der Waals surface area contributed by atoms with Crippen LogP contribution >= 0.6 is 0 Å². The summed E-state index contributed by atoms with van der Waals surface area (Å²) in [5.74, 6) is 42.3. The highest BCUT2D eigenvalue weighted by molar-refractivity contribution is 6.05. The lowest BCUT2D eigenvalue weighted by atomic mass is 8.44. The third-order valence-corrected chi connectivity index (χ3v) is 51.4. The Morgan fingerprint density at radius 3 is 1.00 bits per heavy atom. The third kappa shape index (κ3) is 0.475. The minimum absolute atomic E-state index is 1.09. The molecule has 60 heavy (non-hydrogen) atoms. The number of fused-ring (bicyclic) bond motifs is 22. The van der Waals surface area contributed by atoms with Crippen molar-refractivity contribution in [2.45, 2.75) is 25.7 Å². The van der Waals surface area contributed by atoms with Gasteiger partial charge in [0.25, 0.3) is 0 Å². The molecule has 0 nitrogen and oxygen atoms in total. The van der Waals surface area contributed by atoms with Crippen molar-refractivity contribution in [3.63, 3.8) is 0 Å². The van der Waals surface area contributed by atoms with Crippen molar-refractivity contribution in [1.82, 2.24) is 0 Å². The van der Waals surface area contributed by atoms with Crippen LogP contribution in [0.15, 0.2) is 0 Å². The molecule has 0 heteroatoms. The molecule has 37 unspecified atom stereocenters. The molecule has 0 bridgehead atoms. The van der Waals surface area contributed by atoms with Gasteiger partial charge in [-0.2, -0.15) is 0 Å². The summed E-state index contributed by atoms with van der Waals surface area (Å²) in [6, 6.07) is 0. The van der Waals surface area contributed by atoms with Gasteiger partial charge >= 0.3 is 0 Å². The molecule has 0 aliphatic heterocycles. The first-order valence-electron chi connectivity index (χ1n) is 29.8. The molecule has 42 aliphatic carbocycles. The van der Waals surface area contributed by atoms with Crippen molar-refractivity contribution < 1.29 is 0 Å². The fraction of sp³-hybridized carbons (Fsp3) is 1.00. The molecule has 42 fully saturated rings. The van der Waals surface area contributed by atoms with E-state index in [0.29, 0.717) is 0 Å². The summed E-state index contributed by atoms with van der Waals surface area (Å²) < 4.78 is 0. The lowest BCUT2D eigenvalue weighted by molar-refractivity contribution is -1.14. The van der Waals surface area contributed by atoms with Crippen LogP contribution in [-0.2, 0) is 0 Å². The van der Waals surface area contributed by atoms with E-state index in [0.717, 1.165) is 141 Å². The summed E-state index contributed by atoms with van der Waals surface area (Å²) >= 11 is 0. The van der Waals surface area contributed by atoms with E-state index in [1.807, 2.05) is 25.7 Å². The maximum atomic E-state index is 1.85. The van der Waals surface area contributed by atoms with Gasteiger partial charge in [-0.05, 0) is 344 Å². The average molecular weight is 759 g/mol.